The van der Waals surface area contributed by atoms with Crippen molar-refractivity contribution in [1.82, 2.24) is 4.98 Å². The number of carbonyl (C=O) groups is 1. The Balaban J connectivity index is 2.15. The zero-order valence-corrected chi connectivity index (χ0v) is 8.06. The van der Waals surface area contributed by atoms with Crippen LogP contribution in [-0.2, 0) is 22.4 Å². The van der Waals surface area contributed by atoms with Crippen LogP contribution in [0.2, 0.25) is 0 Å². The SMILES string of the molecule is COC(=O)[C@H]1Cc2nc(N)sc2C1. The van der Waals surface area contributed by atoms with Crippen LogP contribution in [-0.4, -0.2) is 18.1 Å². The molecule has 70 valence electrons. The molecule has 5 heteroatoms. The number of hydrogen-bond acceptors (Lipinski definition) is 5. The van der Waals surface area contributed by atoms with E-state index in [9.17, 15) is 4.79 Å². The van der Waals surface area contributed by atoms with Crippen LogP contribution in [0.25, 0.3) is 0 Å². The van der Waals surface area contributed by atoms with Crippen molar-refractivity contribution in [3.05, 3.63) is 10.6 Å². The van der Waals surface area contributed by atoms with Crippen LogP contribution >= 0.6 is 11.3 Å². The maximum absolute atomic E-state index is 11.2. The van der Waals surface area contributed by atoms with E-state index in [1.807, 2.05) is 0 Å². The molecule has 1 aliphatic rings. The van der Waals surface area contributed by atoms with Gasteiger partial charge in [-0.25, -0.2) is 4.98 Å². The van der Waals surface area contributed by atoms with E-state index < -0.39 is 0 Å². The molecule has 1 heterocycles. The van der Waals surface area contributed by atoms with Crippen LogP contribution in [0, 0.1) is 5.92 Å². The highest BCUT2D eigenvalue weighted by atomic mass is 32.1. The van der Waals surface area contributed by atoms with E-state index in [1.165, 1.54) is 18.4 Å². The van der Waals surface area contributed by atoms with Gasteiger partial charge < -0.3 is 10.5 Å². The lowest BCUT2D eigenvalue weighted by Gasteiger charge is -2.04. The third-order valence-corrected chi connectivity index (χ3v) is 3.15. The third kappa shape index (κ3) is 1.39. The van der Waals surface area contributed by atoms with E-state index in [2.05, 4.69) is 9.72 Å². The molecule has 2 N–H and O–H groups in total. The van der Waals surface area contributed by atoms with Gasteiger partial charge in [0.1, 0.15) is 0 Å². The van der Waals surface area contributed by atoms with Gasteiger partial charge in [0, 0.05) is 11.3 Å². The Morgan fingerprint density at radius 1 is 1.69 bits per heavy atom. The number of esters is 1. The molecule has 0 radical (unpaired) electrons. The molecule has 1 atom stereocenters. The van der Waals surface area contributed by atoms with E-state index in [-0.39, 0.29) is 11.9 Å². The minimum absolute atomic E-state index is 0.0423. The smallest absolute Gasteiger partial charge is 0.309 e. The molecule has 4 nitrogen and oxygen atoms in total. The second-order valence-corrected chi connectivity index (χ2v) is 4.17. The molecule has 0 saturated heterocycles. The Morgan fingerprint density at radius 2 is 2.46 bits per heavy atom. The molecule has 2 rings (SSSR count). The molecule has 0 aliphatic heterocycles. The molecule has 0 amide bonds. The number of anilines is 1. The fraction of sp³-hybridized carbons (Fsp3) is 0.500. The van der Waals surface area contributed by atoms with Gasteiger partial charge in [-0.05, 0) is 6.42 Å². The number of carbonyl (C=O) groups excluding carboxylic acids is 1. The van der Waals surface area contributed by atoms with Crippen LogP contribution in [0.4, 0.5) is 5.13 Å². The minimum Gasteiger partial charge on any atom is -0.469 e. The summed E-state index contributed by atoms with van der Waals surface area (Å²) in [6.45, 7) is 0. The van der Waals surface area contributed by atoms with Crippen LogP contribution < -0.4 is 5.73 Å². The summed E-state index contributed by atoms with van der Waals surface area (Å²) in [6.07, 6.45) is 1.41. The number of nitrogens with zero attached hydrogens (tertiary/aromatic N) is 1. The van der Waals surface area contributed by atoms with Crippen molar-refractivity contribution in [1.29, 1.82) is 0 Å². The van der Waals surface area contributed by atoms with Crippen molar-refractivity contribution in [2.24, 2.45) is 5.92 Å². The number of rotatable bonds is 1. The van der Waals surface area contributed by atoms with Crippen LogP contribution in [0.1, 0.15) is 10.6 Å². The van der Waals surface area contributed by atoms with Crippen molar-refractivity contribution < 1.29 is 9.53 Å². The summed E-state index contributed by atoms with van der Waals surface area (Å²) < 4.78 is 4.67. The first-order chi connectivity index (χ1) is 6.20. The Kier molecular flexibility index (Phi) is 1.95. The molecular formula is C8H10N2O2S. The zero-order valence-electron chi connectivity index (χ0n) is 7.24. The minimum atomic E-state index is -0.149. The first-order valence-electron chi connectivity index (χ1n) is 4.02. The number of thiazole rings is 1. The molecule has 0 spiro atoms. The monoisotopic (exact) mass is 198 g/mol. The van der Waals surface area contributed by atoms with Gasteiger partial charge in [0.05, 0.1) is 18.7 Å². The van der Waals surface area contributed by atoms with Gasteiger partial charge in [0.2, 0.25) is 0 Å². The second-order valence-electron chi connectivity index (χ2n) is 3.05. The van der Waals surface area contributed by atoms with Gasteiger partial charge in [-0.2, -0.15) is 0 Å². The average molecular weight is 198 g/mol. The lowest BCUT2D eigenvalue weighted by Crippen LogP contribution is -2.16. The molecular weight excluding hydrogens is 188 g/mol. The topological polar surface area (TPSA) is 65.2 Å². The molecule has 0 unspecified atom stereocenters. The Morgan fingerprint density at radius 3 is 3.08 bits per heavy atom. The van der Waals surface area contributed by atoms with Crippen LogP contribution in [0.15, 0.2) is 0 Å². The highest BCUT2D eigenvalue weighted by molar-refractivity contribution is 7.15. The van der Waals surface area contributed by atoms with Crippen molar-refractivity contribution in [2.45, 2.75) is 12.8 Å². The quantitative estimate of drug-likeness (QED) is 0.671. The summed E-state index contributed by atoms with van der Waals surface area (Å²) in [7, 11) is 1.41. The average Bonchev–Trinajstić information content (AvgIpc) is 2.59. The molecule has 0 fully saturated rings. The fourth-order valence-electron chi connectivity index (χ4n) is 1.58. The largest absolute Gasteiger partial charge is 0.469 e. The van der Waals surface area contributed by atoms with E-state index in [0.717, 1.165) is 17.0 Å². The van der Waals surface area contributed by atoms with E-state index in [4.69, 9.17) is 5.73 Å². The standard InChI is InChI=1S/C8H10N2O2S/c1-12-7(11)4-2-5-6(3-4)13-8(9)10-5/h4H,2-3H2,1H3,(H2,9,10)/t4-/m0/s1. The fourth-order valence-corrected chi connectivity index (χ4v) is 2.52. The molecule has 1 aromatic heterocycles. The van der Waals surface area contributed by atoms with Gasteiger partial charge in [0.15, 0.2) is 5.13 Å². The number of fused-ring (bicyclic) bond motifs is 1. The lowest BCUT2D eigenvalue weighted by atomic mass is 10.1. The number of nitrogen functional groups attached to an aromatic ring is 1. The normalized spacial score (nSPS) is 19.9. The van der Waals surface area contributed by atoms with Gasteiger partial charge >= 0.3 is 5.97 Å². The number of nitrogens with two attached hydrogens (primary N) is 1. The van der Waals surface area contributed by atoms with Crippen molar-refractivity contribution >= 4 is 22.4 Å². The van der Waals surface area contributed by atoms with E-state index in [0.29, 0.717) is 11.6 Å². The summed E-state index contributed by atoms with van der Waals surface area (Å²) in [6, 6.07) is 0. The van der Waals surface area contributed by atoms with Crippen molar-refractivity contribution in [2.75, 3.05) is 12.8 Å². The maximum Gasteiger partial charge on any atom is 0.309 e. The zero-order chi connectivity index (χ0) is 9.42. The molecule has 1 aromatic rings. The molecule has 0 saturated carbocycles. The molecule has 13 heavy (non-hydrogen) atoms. The molecule has 1 aliphatic carbocycles. The van der Waals surface area contributed by atoms with Gasteiger partial charge in [0.25, 0.3) is 0 Å². The lowest BCUT2D eigenvalue weighted by molar-refractivity contribution is -0.145. The summed E-state index contributed by atoms with van der Waals surface area (Å²) in [5.74, 6) is -0.192. The number of methoxy groups -OCH3 is 1. The summed E-state index contributed by atoms with van der Waals surface area (Å²) >= 11 is 1.47. The first kappa shape index (κ1) is 8.50. The Labute approximate surface area is 79.7 Å². The van der Waals surface area contributed by atoms with Crippen LogP contribution in [0.3, 0.4) is 0 Å². The highest BCUT2D eigenvalue weighted by Gasteiger charge is 2.30. The molecule has 0 aromatic carbocycles. The van der Waals surface area contributed by atoms with E-state index >= 15 is 0 Å². The summed E-state index contributed by atoms with van der Waals surface area (Å²) in [4.78, 5) is 16.5. The van der Waals surface area contributed by atoms with E-state index in [1.54, 1.807) is 0 Å². The van der Waals surface area contributed by atoms with Crippen molar-refractivity contribution in [3.8, 4) is 0 Å². The summed E-state index contributed by atoms with van der Waals surface area (Å²) in [5, 5.41) is 0.591. The highest BCUT2D eigenvalue weighted by Crippen LogP contribution is 2.32. The molecule has 0 bridgehead atoms. The van der Waals surface area contributed by atoms with Gasteiger partial charge in [-0.15, -0.1) is 11.3 Å². The predicted octanol–water partition coefficient (Wildman–Crippen LogP) is 0.613. The first-order valence-corrected chi connectivity index (χ1v) is 4.84. The van der Waals surface area contributed by atoms with Gasteiger partial charge in [-0.3, -0.25) is 4.79 Å². The van der Waals surface area contributed by atoms with Gasteiger partial charge in [-0.1, -0.05) is 0 Å². The summed E-state index contributed by atoms with van der Waals surface area (Å²) in [5.41, 5.74) is 6.50. The van der Waals surface area contributed by atoms with Crippen molar-refractivity contribution in [3.63, 3.8) is 0 Å². The number of aromatic nitrogens is 1. The Hall–Kier alpha value is -1.10. The Bertz CT molecular complexity index is 324. The maximum atomic E-state index is 11.2. The second kappa shape index (κ2) is 2.99. The third-order valence-electron chi connectivity index (χ3n) is 2.20. The number of ether oxygens (including phenoxy) is 1. The predicted molar refractivity (Wildman–Crippen MR) is 49.4 cm³/mol. The van der Waals surface area contributed by atoms with Crippen LogP contribution in [0.5, 0.6) is 0 Å². The number of hydrogen-bond donors (Lipinski definition) is 1.